The summed E-state index contributed by atoms with van der Waals surface area (Å²) in [6.07, 6.45) is 5.08. The Bertz CT molecular complexity index is 317. The molecule has 0 aliphatic heterocycles. The van der Waals surface area contributed by atoms with Crippen LogP contribution in [0.15, 0.2) is 6.33 Å². The minimum Gasteiger partial charge on any atom is -0.349 e. The number of nitrogens with zero attached hydrogens (tertiary/aromatic N) is 2. The van der Waals surface area contributed by atoms with Gasteiger partial charge in [0.25, 0.3) is 0 Å². The Labute approximate surface area is 90.7 Å². The first-order valence-electron chi connectivity index (χ1n) is 5.36. The summed E-state index contributed by atoms with van der Waals surface area (Å²) in [7, 11) is 3.56. The van der Waals surface area contributed by atoms with Crippen molar-refractivity contribution in [2.75, 3.05) is 14.1 Å². The predicted octanol–water partition coefficient (Wildman–Crippen LogP) is 1.38. The van der Waals surface area contributed by atoms with Crippen LogP contribution in [-0.4, -0.2) is 34.9 Å². The van der Waals surface area contributed by atoms with Gasteiger partial charge in [0.05, 0.1) is 12.0 Å². The van der Waals surface area contributed by atoms with Crippen LogP contribution >= 0.6 is 0 Å². The lowest BCUT2D eigenvalue weighted by atomic mass is 10.1. The number of hydrogen-bond acceptors (Lipinski definition) is 2. The maximum atomic E-state index is 11.4. The van der Waals surface area contributed by atoms with E-state index in [1.54, 1.807) is 25.3 Å². The summed E-state index contributed by atoms with van der Waals surface area (Å²) in [6.45, 7) is 2.13. The second kappa shape index (κ2) is 5.53. The number of carbonyl (C=O) groups is 1. The van der Waals surface area contributed by atoms with Crippen molar-refractivity contribution in [3.05, 3.63) is 17.7 Å². The number of aromatic nitrogens is 2. The van der Waals surface area contributed by atoms with Crippen molar-refractivity contribution in [2.24, 2.45) is 0 Å². The normalized spacial score (nSPS) is 10.3. The van der Waals surface area contributed by atoms with E-state index in [1.165, 1.54) is 5.69 Å². The van der Waals surface area contributed by atoms with Crippen LogP contribution in [0.2, 0.25) is 0 Å². The van der Waals surface area contributed by atoms with Crippen molar-refractivity contribution in [3.63, 3.8) is 0 Å². The van der Waals surface area contributed by atoms with Crippen LogP contribution in [0.3, 0.4) is 0 Å². The summed E-state index contributed by atoms with van der Waals surface area (Å²) in [4.78, 5) is 20.4. The fourth-order valence-corrected chi connectivity index (χ4v) is 1.48. The molecule has 0 saturated heterocycles. The Kier molecular flexibility index (Phi) is 4.34. The molecule has 15 heavy (non-hydrogen) atoms. The Hall–Kier alpha value is -1.32. The first kappa shape index (κ1) is 11.8. The number of imidazole rings is 1. The largest absolute Gasteiger partial charge is 0.349 e. The Morgan fingerprint density at radius 3 is 2.80 bits per heavy atom. The molecule has 0 spiro atoms. The topological polar surface area (TPSA) is 49.0 Å². The maximum Gasteiger partial charge on any atom is 0.222 e. The molecular weight excluding hydrogens is 190 g/mol. The highest BCUT2D eigenvalue weighted by Crippen LogP contribution is 2.08. The number of H-pyrrole nitrogens is 1. The molecule has 4 heteroatoms. The summed E-state index contributed by atoms with van der Waals surface area (Å²) < 4.78 is 0. The monoisotopic (exact) mass is 209 g/mol. The fourth-order valence-electron chi connectivity index (χ4n) is 1.48. The number of carbonyl (C=O) groups excluding carboxylic acids is 1. The molecule has 0 aliphatic rings. The molecule has 1 aromatic rings. The van der Waals surface area contributed by atoms with E-state index in [1.807, 2.05) is 0 Å². The molecule has 1 heterocycles. The van der Waals surface area contributed by atoms with Crippen molar-refractivity contribution >= 4 is 5.91 Å². The molecule has 1 rings (SSSR count). The van der Waals surface area contributed by atoms with Gasteiger partial charge in [-0.3, -0.25) is 4.79 Å². The van der Waals surface area contributed by atoms with E-state index in [-0.39, 0.29) is 5.91 Å². The van der Waals surface area contributed by atoms with E-state index in [0.29, 0.717) is 6.42 Å². The van der Waals surface area contributed by atoms with Gasteiger partial charge in [-0.15, -0.1) is 0 Å². The van der Waals surface area contributed by atoms with Gasteiger partial charge in [0.1, 0.15) is 0 Å². The SMILES string of the molecule is CCCc1[nH]cnc1CCC(=O)N(C)C. The van der Waals surface area contributed by atoms with Gasteiger partial charge in [-0.25, -0.2) is 4.98 Å². The summed E-state index contributed by atoms with van der Waals surface area (Å²) in [5.74, 6) is 0.153. The average Bonchev–Trinajstić information content (AvgIpc) is 2.62. The Balaban J connectivity index is 2.50. The summed E-state index contributed by atoms with van der Waals surface area (Å²) in [5.41, 5.74) is 2.20. The number of hydrogen-bond donors (Lipinski definition) is 1. The summed E-state index contributed by atoms with van der Waals surface area (Å²) >= 11 is 0. The summed E-state index contributed by atoms with van der Waals surface area (Å²) in [6, 6.07) is 0. The van der Waals surface area contributed by atoms with Crippen molar-refractivity contribution < 1.29 is 4.79 Å². The van der Waals surface area contributed by atoms with Gasteiger partial charge in [-0.1, -0.05) is 13.3 Å². The maximum absolute atomic E-state index is 11.4. The molecule has 0 atom stereocenters. The van der Waals surface area contributed by atoms with E-state index < -0.39 is 0 Å². The number of rotatable bonds is 5. The summed E-state index contributed by atoms with van der Waals surface area (Å²) in [5, 5.41) is 0. The lowest BCUT2D eigenvalue weighted by Gasteiger charge is -2.09. The Morgan fingerprint density at radius 1 is 1.47 bits per heavy atom. The van der Waals surface area contributed by atoms with E-state index in [4.69, 9.17) is 0 Å². The highest BCUT2D eigenvalue weighted by atomic mass is 16.2. The third-order valence-corrected chi connectivity index (χ3v) is 2.38. The zero-order chi connectivity index (χ0) is 11.3. The third-order valence-electron chi connectivity index (χ3n) is 2.38. The van der Waals surface area contributed by atoms with Crippen molar-refractivity contribution in [3.8, 4) is 0 Å². The molecule has 1 N–H and O–H groups in total. The molecular formula is C11H19N3O. The van der Waals surface area contributed by atoms with Crippen molar-refractivity contribution in [1.29, 1.82) is 0 Å². The number of nitrogens with one attached hydrogen (secondary N) is 1. The molecule has 4 nitrogen and oxygen atoms in total. The zero-order valence-electron chi connectivity index (χ0n) is 9.71. The van der Waals surface area contributed by atoms with Crippen LogP contribution in [0, 0.1) is 0 Å². The first-order chi connectivity index (χ1) is 7.15. The standard InChI is InChI=1S/C11H19N3O/c1-4-5-9-10(13-8-12-9)6-7-11(15)14(2)3/h8H,4-7H2,1-3H3,(H,12,13). The van der Waals surface area contributed by atoms with Gasteiger partial charge >= 0.3 is 0 Å². The lowest BCUT2D eigenvalue weighted by molar-refractivity contribution is -0.128. The second-order valence-electron chi connectivity index (χ2n) is 3.87. The first-order valence-corrected chi connectivity index (χ1v) is 5.36. The van der Waals surface area contributed by atoms with Gasteiger partial charge < -0.3 is 9.88 Å². The smallest absolute Gasteiger partial charge is 0.222 e. The molecule has 0 bridgehead atoms. The average molecular weight is 209 g/mol. The Morgan fingerprint density at radius 2 is 2.20 bits per heavy atom. The minimum absolute atomic E-state index is 0.153. The lowest BCUT2D eigenvalue weighted by Crippen LogP contribution is -2.22. The van der Waals surface area contributed by atoms with Gasteiger partial charge in [-0.05, 0) is 6.42 Å². The molecule has 0 aromatic carbocycles. The van der Waals surface area contributed by atoms with E-state index in [2.05, 4.69) is 16.9 Å². The van der Waals surface area contributed by atoms with Gasteiger partial charge in [0.15, 0.2) is 0 Å². The highest BCUT2D eigenvalue weighted by molar-refractivity contribution is 5.75. The molecule has 0 saturated carbocycles. The van der Waals surface area contributed by atoms with E-state index >= 15 is 0 Å². The van der Waals surface area contributed by atoms with Crippen LogP contribution in [0.25, 0.3) is 0 Å². The van der Waals surface area contributed by atoms with Crippen molar-refractivity contribution in [2.45, 2.75) is 32.6 Å². The van der Waals surface area contributed by atoms with Crippen LogP contribution in [-0.2, 0) is 17.6 Å². The van der Waals surface area contributed by atoms with Gasteiger partial charge in [-0.2, -0.15) is 0 Å². The quantitative estimate of drug-likeness (QED) is 0.796. The number of amides is 1. The number of aromatic amines is 1. The van der Waals surface area contributed by atoms with Crippen LogP contribution in [0.4, 0.5) is 0 Å². The number of aryl methyl sites for hydroxylation is 2. The second-order valence-corrected chi connectivity index (χ2v) is 3.87. The molecule has 84 valence electrons. The fraction of sp³-hybridized carbons (Fsp3) is 0.636. The van der Waals surface area contributed by atoms with Crippen LogP contribution < -0.4 is 0 Å². The molecule has 0 unspecified atom stereocenters. The van der Waals surface area contributed by atoms with Gasteiger partial charge in [0.2, 0.25) is 5.91 Å². The molecule has 0 radical (unpaired) electrons. The molecule has 1 aromatic heterocycles. The van der Waals surface area contributed by atoms with E-state index in [9.17, 15) is 4.79 Å². The van der Waals surface area contributed by atoms with Crippen molar-refractivity contribution in [1.82, 2.24) is 14.9 Å². The molecule has 0 fully saturated rings. The van der Waals surface area contributed by atoms with E-state index in [0.717, 1.165) is 25.0 Å². The predicted molar refractivity (Wildman–Crippen MR) is 59.6 cm³/mol. The zero-order valence-corrected chi connectivity index (χ0v) is 9.71. The van der Waals surface area contributed by atoms with Gasteiger partial charge in [0, 0.05) is 32.6 Å². The minimum atomic E-state index is 0.153. The molecule has 0 aliphatic carbocycles. The highest BCUT2D eigenvalue weighted by Gasteiger charge is 2.08. The van der Waals surface area contributed by atoms with Crippen LogP contribution in [0.1, 0.15) is 31.2 Å². The van der Waals surface area contributed by atoms with Crippen LogP contribution in [0.5, 0.6) is 0 Å². The molecule has 1 amide bonds. The third kappa shape index (κ3) is 3.38.